The zero-order chi connectivity index (χ0) is 15.9. The zero-order valence-electron chi connectivity index (χ0n) is 12.9. The van der Waals surface area contributed by atoms with Crippen LogP contribution < -0.4 is 16.0 Å². The zero-order valence-corrected chi connectivity index (χ0v) is 12.9. The molecule has 0 unspecified atom stereocenters. The van der Waals surface area contributed by atoms with Crippen molar-refractivity contribution in [1.82, 2.24) is 10.6 Å². The summed E-state index contributed by atoms with van der Waals surface area (Å²) in [5.41, 5.74) is 1.21. The van der Waals surface area contributed by atoms with Gasteiger partial charge in [-0.1, -0.05) is 42.5 Å². The van der Waals surface area contributed by atoms with Gasteiger partial charge in [0.25, 0.3) is 5.91 Å². The van der Waals surface area contributed by atoms with Crippen molar-refractivity contribution in [2.45, 2.75) is 13.0 Å². The van der Waals surface area contributed by atoms with Crippen LogP contribution in [0.1, 0.15) is 18.5 Å². The first-order valence-electron chi connectivity index (χ1n) is 7.40. The van der Waals surface area contributed by atoms with Crippen LogP contribution in [0.2, 0.25) is 0 Å². The molecule has 0 heterocycles. The van der Waals surface area contributed by atoms with Gasteiger partial charge < -0.3 is 16.0 Å². The smallest absolute Gasteiger partial charge is 0.275 e. The van der Waals surface area contributed by atoms with Gasteiger partial charge in [-0.3, -0.25) is 9.59 Å². The van der Waals surface area contributed by atoms with Crippen molar-refractivity contribution in [2.75, 3.05) is 20.1 Å². The molecule has 2 amide bonds. The monoisotopic (exact) mass is 300 g/mol. The number of nitrogens with two attached hydrogens (primary N) is 1. The Bertz CT molecular complexity index is 665. The molecule has 0 radical (unpaired) electrons. The number of amides is 2. The molecule has 0 aliphatic rings. The maximum Gasteiger partial charge on any atom is 0.275 e. The number of rotatable bonds is 6. The highest BCUT2D eigenvalue weighted by Gasteiger charge is 2.14. The molecular weight excluding hydrogens is 278 g/mol. The molecule has 5 nitrogen and oxygen atoms in total. The second-order valence-electron chi connectivity index (χ2n) is 5.25. The molecule has 2 rings (SSSR count). The minimum Gasteiger partial charge on any atom is -0.358 e. The van der Waals surface area contributed by atoms with Crippen molar-refractivity contribution >= 4 is 22.6 Å². The molecular formula is C17H22N3O2+. The largest absolute Gasteiger partial charge is 0.358 e. The van der Waals surface area contributed by atoms with Crippen LogP contribution >= 0.6 is 0 Å². The Labute approximate surface area is 130 Å². The third kappa shape index (κ3) is 4.05. The van der Waals surface area contributed by atoms with Gasteiger partial charge in [-0.15, -0.1) is 0 Å². The topological polar surface area (TPSA) is 74.8 Å². The van der Waals surface area contributed by atoms with Crippen molar-refractivity contribution < 1.29 is 14.9 Å². The molecule has 0 saturated heterocycles. The first kappa shape index (κ1) is 16.0. The molecule has 0 aliphatic heterocycles. The van der Waals surface area contributed by atoms with Crippen LogP contribution in [0, 0.1) is 0 Å². The summed E-state index contributed by atoms with van der Waals surface area (Å²) in [5.74, 6) is -0.342. The van der Waals surface area contributed by atoms with Gasteiger partial charge in [-0.25, -0.2) is 0 Å². The van der Waals surface area contributed by atoms with E-state index in [4.69, 9.17) is 0 Å². The Morgan fingerprint density at radius 2 is 1.82 bits per heavy atom. The molecule has 0 bridgehead atoms. The van der Waals surface area contributed by atoms with Crippen molar-refractivity contribution in [3.8, 4) is 0 Å². The lowest BCUT2D eigenvalue weighted by Gasteiger charge is -2.13. The lowest BCUT2D eigenvalue weighted by Crippen LogP contribution is -2.87. The van der Waals surface area contributed by atoms with Gasteiger partial charge in [-0.05, 0) is 17.7 Å². The number of hydrogen-bond donors (Lipinski definition) is 3. The van der Waals surface area contributed by atoms with E-state index in [1.807, 2.05) is 23.5 Å². The number of carbonyl (C=O) groups excluding carboxylic acids is 2. The maximum absolute atomic E-state index is 11.7. The second kappa shape index (κ2) is 7.56. The number of quaternary nitrogens is 1. The number of hydrogen-bond acceptors (Lipinski definition) is 2. The SMILES string of the molecule is CNC(=O)CNC(=O)C[NH2+][C@H](C)c1cccc2ccccc12. The molecule has 2 aromatic carbocycles. The third-order valence-corrected chi connectivity index (χ3v) is 3.70. The molecule has 116 valence electrons. The third-order valence-electron chi connectivity index (χ3n) is 3.70. The fourth-order valence-corrected chi connectivity index (χ4v) is 2.40. The molecule has 0 saturated carbocycles. The van der Waals surface area contributed by atoms with Crippen LogP contribution in [0.25, 0.3) is 10.8 Å². The van der Waals surface area contributed by atoms with Crippen molar-refractivity contribution in [2.24, 2.45) is 0 Å². The van der Waals surface area contributed by atoms with Crippen LogP contribution in [-0.4, -0.2) is 32.0 Å². The predicted molar refractivity (Wildman–Crippen MR) is 86.2 cm³/mol. The standard InChI is InChI=1S/C17H21N3O2/c1-12(19-11-17(22)20-10-16(21)18-2)14-9-5-7-13-6-3-4-8-15(13)14/h3-9,12,19H,10-11H2,1-2H3,(H,18,21)(H,20,22)/p+1/t12-/m1/s1. The van der Waals surface area contributed by atoms with Crippen LogP contribution in [0.15, 0.2) is 42.5 Å². The van der Waals surface area contributed by atoms with E-state index in [9.17, 15) is 9.59 Å². The summed E-state index contributed by atoms with van der Waals surface area (Å²) in [6, 6.07) is 14.6. The lowest BCUT2D eigenvalue weighted by molar-refractivity contribution is -0.682. The Morgan fingerprint density at radius 1 is 1.09 bits per heavy atom. The Morgan fingerprint density at radius 3 is 2.59 bits per heavy atom. The highest BCUT2D eigenvalue weighted by molar-refractivity contribution is 5.86. The number of likely N-dealkylation sites (N-methyl/N-ethyl adjacent to an activating group) is 1. The van der Waals surface area contributed by atoms with E-state index in [0.29, 0.717) is 6.54 Å². The Balaban J connectivity index is 1.95. The van der Waals surface area contributed by atoms with Crippen molar-refractivity contribution in [3.05, 3.63) is 48.0 Å². The molecule has 5 heteroatoms. The van der Waals surface area contributed by atoms with E-state index >= 15 is 0 Å². The van der Waals surface area contributed by atoms with Gasteiger partial charge in [0.15, 0.2) is 6.54 Å². The van der Waals surface area contributed by atoms with E-state index in [-0.39, 0.29) is 24.4 Å². The van der Waals surface area contributed by atoms with E-state index in [0.717, 1.165) is 0 Å². The Kier molecular flexibility index (Phi) is 5.49. The predicted octanol–water partition coefficient (Wildman–Crippen LogP) is 0.326. The lowest BCUT2D eigenvalue weighted by atomic mass is 10.00. The normalized spacial score (nSPS) is 11.9. The van der Waals surface area contributed by atoms with Gasteiger partial charge in [0, 0.05) is 12.6 Å². The van der Waals surface area contributed by atoms with Crippen molar-refractivity contribution in [3.63, 3.8) is 0 Å². The molecule has 0 aliphatic carbocycles. The number of nitrogens with one attached hydrogen (secondary N) is 2. The number of fused-ring (bicyclic) bond motifs is 1. The van der Waals surface area contributed by atoms with Crippen LogP contribution in [-0.2, 0) is 9.59 Å². The molecule has 1 atom stereocenters. The van der Waals surface area contributed by atoms with Crippen LogP contribution in [0.5, 0.6) is 0 Å². The summed E-state index contributed by atoms with van der Waals surface area (Å²) < 4.78 is 0. The summed E-state index contributed by atoms with van der Waals surface area (Å²) in [6.07, 6.45) is 0. The maximum atomic E-state index is 11.7. The minimum atomic E-state index is -0.199. The van der Waals surface area contributed by atoms with Gasteiger partial charge in [0.2, 0.25) is 5.91 Å². The van der Waals surface area contributed by atoms with Gasteiger partial charge in [-0.2, -0.15) is 0 Å². The molecule has 0 aromatic heterocycles. The summed E-state index contributed by atoms with van der Waals surface area (Å²) >= 11 is 0. The minimum absolute atomic E-state index is 0.0197. The molecule has 2 aromatic rings. The highest BCUT2D eigenvalue weighted by atomic mass is 16.2. The van der Waals surface area contributed by atoms with E-state index in [1.54, 1.807) is 7.05 Å². The summed E-state index contributed by atoms with van der Waals surface area (Å²) in [4.78, 5) is 22.8. The fraction of sp³-hybridized carbons (Fsp3) is 0.294. The van der Waals surface area contributed by atoms with Crippen molar-refractivity contribution in [1.29, 1.82) is 0 Å². The van der Waals surface area contributed by atoms with Gasteiger partial charge in [0.05, 0.1) is 6.54 Å². The number of benzene rings is 2. The van der Waals surface area contributed by atoms with E-state index in [1.165, 1.54) is 16.3 Å². The van der Waals surface area contributed by atoms with Crippen LogP contribution in [0.3, 0.4) is 0 Å². The summed E-state index contributed by atoms with van der Waals surface area (Å²) in [6.45, 7) is 2.39. The Hall–Kier alpha value is -2.40. The molecule has 0 fully saturated rings. The quantitative estimate of drug-likeness (QED) is 0.719. The second-order valence-corrected chi connectivity index (χ2v) is 5.25. The highest BCUT2D eigenvalue weighted by Crippen LogP contribution is 2.21. The van der Waals surface area contributed by atoms with Gasteiger partial charge in [0.1, 0.15) is 6.04 Å². The van der Waals surface area contributed by atoms with E-state index in [2.05, 4.69) is 41.8 Å². The fourth-order valence-electron chi connectivity index (χ4n) is 2.40. The van der Waals surface area contributed by atoms with Gasteiger partial charge >= 0.3 is 0 Å². The van der Waals surface area contributed by atoms with E-state index < -0.39 is 0 Å². The summed E-state index contributed by atoms with van der Waals surface area (Å²) in [7, 11) is 1.54. The number of carbonyl (C=O) groups is 2. The average Bonchev–Trinajstić information content (AvgIpc) is 2.56. The molecule has 4 N–H and O–H groups in total. The summed E-state index contributed by atoms with van der Waals surface area (Å²) in [5, 5.41) is 9.44. The first-order chi connectivity index (χ1) is 10.6. The molecule has 22 heavy (non-hydrogen) atoms. The molecule has 0 spiro atoms. The average molecular weight is 300 g/mol. The first-order valence-corrected chi connectivity index (χ1v) is 7.40. The van der Waals surface area contributed by atoms with Crippen LogP contribution in [0.4, 0.5) is 0 Å².